The summed E-state index contributed by atoms with van der Waals surface area (Å²) in [5.74, 6) is -0.230. The van der Waals surface area contributed by atoms with Gasteiger partial charge in [-0.15, -0.1) is 0 Å². The number of aliphatic hydroxyl groups is 4. The van der Waals surface area contributed by atoms with E-state index in [4.69, 9.17) is 9.47 Å². The Bertz CT molecular complexity index is 1370. The van der Waals surface area contributed by atoms with Gasteiger partial charge in [0.15, 0.2) is 6.29 Å². The summed E-state index contributed by atoms with van der Waals surface area (Å²) in [4.78, 5) is 13.2. The highest BCUT2D eigenvalue weighted by atomic mass is 32.3. The molecular weight excluding hydrogens is 931 g/mol. The first kappa shape index (κ1) is 68.6. The minimum absolute atomic E-state index is 0.230. The van der Waals surface area contributed by atoms with Crippen molar-refractivity contribution in [2.45, 2.75) is 333 Å². The molecule has 7 atom stereocenters. The van der Waals surface area contributed by atoms with Gasteiger partial charge in [0.1, 0.15) is 24.4 Å². The number of carbonyl (C=O) groups is 1. The molecule has 0 spiro atoms. The molecule has 0 saturated carbocycles. The zero-order valence-electron chi connectivity index (χ0n) is 46.3. The van der Waals surface area contributed by atoms with E-state index in [-0.39, 0.29) is 18.9 Å². The van der Waals surface area contributed by atoms with E-state index < -0.39 is 59.9 Å². The number of ether oxygens (including phenoxy) is 2. The molecule has 426 valence electrons. The lowest BCUT2D eigenvalue weighted by Gasteiger charge is -2.41. The third kappa shape index (κ3) is 40.8. The molecule has 0 aromatic heterocycles. The number of unbranched alkanes of at least 4 members (excludes halogenated alkanes) is 37. The first-order chi connectivity index (χ1) is 35.0. The topological polar surface area (TPSA) is 192 Å². The standard InChI is InChI=1S/C59H113NO11S/c1-3-5-7-9-11-13-15-17-19-21-23-25-26-27-28-29-31-33-35-37-39-41-43-45-47-49-55(63)60-52(51-69-59-57(65)58(71-72(66,67)68)56(64)54(50-61)70-59)53(62)48-46-44-42-40-38-36-34-32-30-24-22-20-18-16-14-12-10-8-6-4-2/h23,25,27-28,52-54,56-59,61-62,64-65H,3-22,24,26,29-51H2,1-2H3,(H,60,63)(H,66,67,68)/b25-23-,28-27-. The van der Waals surface area contributed by atoms with Crippen molar-refractivity contribution in [2.24, 2.45) is 0 Å². The summed E-state index contributed by atoms with van der Waals surface area (Å²) < 4.78 is 48.0. The van der Waals surface area contributed by atoms with Gasteiger partial charge in [-0.1, -0.05) is 263 Å². The predicted octanol–water partition coefficient (Wildman–Crippen LogP) is 14.4. The first-order valence-corrected chi connectivity index (χ1v) is 31.6. The Labute approximate surface area is 442 Å². The summed E-state index contributed by atoms with van der Waals surface area (Å²) in [6.07, 6.45) is 51.8. The van der Waals surface area contributed by atoms with Gasteiger partial charge in [-0.3, -0.25) is 9.35 Å². The number of aliphatic hydroxyl groups excluding tert-OH is 4. The second-order valence-electron chi connectivity index (χ2n) is 21.3. The summed E-state index contributed by atoms with van der Waals surface area (Å²) in [5, 5.41) is 45.2. The molecule has 13 heteroatoms. The number of nitrogens with one attached hydrogen (secondary N) is 1. The molecule has 1 heterocycles. The highest BCUT2D eigenvalue weighted by Crippen LogP contribution is 2.26. The van der Waals surface area contributed by atoms with E-state index in [1.54, 1.807) is 0 Å². The fourth-order valence-corrected chi connectivity index (χ4v) is 10.4. The van der Waals surface area contributed by atoms with Crippen LogP contribution in [0.15, 0.2) is 24.3 Å². The molecule has 12 nitrogen and oxygen atoms in total. The largest absolute Gasteiger partial charge is 0.397 e. The minimum atomic E-state index is -5.08. The van der Waals surface area contributed by atoms with Crippen LogP contribution in [-0.2, 0) is 28.9 Å². The quantitative estimate of drug-likeness (QED) is 0.0193. The minimum Gasteiger partial charge on any atom is -0.394 e. The summed E-state index contributed by atoms with van der Waals surface area (Å²) in [7, 11) is -5.08. The lowest BCUT2D eigenvalue weighted by molar-refractivity contribution is -0.298. The van der Waals surface area contributed by atoms with Crippen molar-refractivity contribution in [3.63, 3.8) is 0 Å². The highest BCUT2D eigenvalue weighted by molar-refractivity contribution is 7.80. The van der Waals surface area contributed by atoms with E-state index in [1.807, 2.05) is 0 Å². The van der Waals surface area contributed by atoms with Gasteiger partial charge in [-0.2, -0.15) is 8.42 Å². The van der Waals surface area contributed by atoms with Gasteiger partial charge < -0.3 is 35.2 Å². The molecule has 6 N–H and O–H groups in total. The third-order valence-corrected chi connectivity index (χ3v) is 15.0. The van der Waals surface area contributed by atoms with Crippen LogP contribution in [-0.4, -0.2) is 95.4 Å². The number of amides is 1. The smallest absolute Gasteiger partial charge is 0.394 e. The predicted molar refractivity (Wildman–Crippen MR) is 296 cm³/mol. The monoisotopic (exact) mass is 1040 g/mol. The maximum absolute atomic E-state index is 13.2. The van der Waals surface area contributed by atoms with Crippen LogP contribution in [0.25, 0.3) is 0 Å². The molecule has 1 rings (SSSR count). The van der Waals surface area contributed by atoms with Crippen molar-refractivity contribution in [2.75, 3.05) is 13.2 Å². The lowest BCUT2D eigenvalue weighted by Crippen LogP contribution is -2.61. The summed E-state index contributed by atoms with van der Waals surface area (Å²) in [6, 6.07) is -0.861. The van der Waals surface area contributed by atoms with Gasteiger partial charge in [0.25, 0.3) is 0 Å². The summed E-state index contributed by atoms with van der Waals surface area (Å²) in [6.45, 7) is 3.49. The van der Waals surface area contributed by atoms with Crippen LogP contribution in [0.2, 0.25) is 0 Å². The lowest BCUT2D eigenvalue weighted by atomic mass is 9.99. The molecule has 72 heavy (non-hydrogen) atoms. The Morgan fingerprint density at radius 3 is 1.32 bits per heavy atom. The van der Waals surface area contributed by atoms with Gasteiger partial charge >= 0.3 is 10.4 Å². The van der Waals surface area contributed by atoms with Crippen molar-refractivity contribution >= 4 is 16.3 Å². The number of carbonyl (C=O) groups excluding carboxylic acids is 1. The van der Waals surface area contributed by atoms with Gasteiger partial charge in [0, 0.05) is 6.42 Å². The van der Waals surface area contributed by atoms with Crippen LogP contribution in [0.1, 0.15) is 290 Å². The number of rotatable bonds is 53. The molecule has 1 saturated heterocycles. The zero-order chi connectivity index (χ0) is 52.6. The fraction of sp³-hybridized carbons (Fsp3) is 0.915. The van der Waals surface area contributed by atoms with Gasteiger partial charge in [-0.25, -0.2) is 4.18 Å². The van der Waals surface area contributed by atoms with Crippen molar-refractivity contribution in [3.8, 4) is 0 Å². The molecule has 0 aromatic carbocycles. The molecule has 1 amide bonds. The van der Waals surface area contributed by atoms with Crippen LogP contribution >= 0.6 is 0 Å². The van der Waals surface area contributed by atoms with E-state index in [1.165, 1.54) is 199 Å². The molecular formula is C59H113NO11S. The number of hydrogen-bond acceptors (Lipinski definition) is 10. The first-order valence-electron chi connectivity index (χ1n) is 30.2. The molecule has 1 aliphatic rings. The number of hydrogen-bond donors (Lipinski definition) is 6. The zero-order valence-corrected chi connectivity index (χ0v) is 47.1. The van der Waals surface area contributed by atoms with Gasteiger partial charge in [0.2, 0.25) is 5.91 Å². The average Bonchev–Trinajstić information content (AvgIpc) is 3.36. The Balaban J connectivity index is 2.33. The van der Waals surface area contributed by atoms with E-state index >= 15 is 0 Å². The molecule has 1 fully saturated rings. The Morgan fingerprint density at radius 1 is 0.556 bits per heavy atom. The van der Waals surface area contributed by atoms with Crippen LogP contribution in [0, 0.1) is 0 Å². The maximum Gasteiger partial charge on any atom is 0.397 e. The Hall–Kier alpha value is -1.42. The van der Waals surface area contributed by atoms with E-state index in [9.17, 15) is 38.2 Å². The van der Waals surface area contributed by atoms with Crippen molar-refractivity contribution in [1.82, 2.24) is 5.32 Å². The van der Waals surface area contributed by atoms with Crippen molar-refractivity contribution < 1.29 is 51.8 Å². The van der Waals surface area contributed by atoms with Crippen LogP contribution in [0.3, 0.4) is 0 Å². The van der Waals surface area contributed by atoms with Gasteiger partial charge in [0.05, 0.1) is 25.4 Å². The molecule has 0 bridgehead atoms. The molecule has 0 radical (unpaired) electrons. The van der Waals surface area contributed by atoms with Crippen LogP contribution in [0.5, 0.6) is 0 Å². The number of allylic oxidation sites excluding steroid dienone is 4. The molecule has 1 aliphatic heterocycles. The SMILES string of the molecule is CCCCCCCCCCC/C=C\C/C=C\CCCCCCCCCCCC(=O)NC(COC1OC(CO)C(O)C(OS(=O)(=O)O)C1O)C(O)CCCCCCCCCCCCCCCCCCCCCC. The average molecular weight is 1040 g/mol. The molecule has 0 aliphatic carbocycles. The third-order valence-electron chi connectivity index (χ3n) is 14.5. The maximum atomic E-state index is 13.2. The van der Waals surface area contributed by atoms with Gasteiger partial charge in [-0.05, 0) is 44.9 Å². The second-order valence-corrected chi connectivity index (χ2v) is 22.3. The highest BCUT2D eigenvalue weighted by Gasteiger charge is 2.48. The van der Waals surface area contributed by atoms with Crippen molar-refractivity contribution in [3.05, 3.63) is 24.3 Å². The van der Waals surface area contributed by atoms with Crippen molar-refractivity contribution in [1.29, 1.82) is 0 Å². The van der Waals surface area contributed by atoms with E-state index in [0.717, 1.165) is 57.8 Å². The van der Waals surface area contributed by atoms with Crippen LogP contribution in [0.4, 0.5) is 0 Å². The fourth-order valence-electron chi connectivity index (χ4n) is 9.85. The summed E-state index contributed by atoms with van der Waals surface area (Å²) >= 11 is 0. The molecule has 7 unspecified atom stereocenters. The van der Waals surface area contributed by atoms with Crippen LogP contribution < -0.4 is 5.32 Å². The summed E-state index contributed by atoms with van der Waals surface area (Å²) in [5.41, 5.74) is 0. The Kier molecular flexibility index (Phi) is 46.8. The normalized spacial score (nSPS) is 19.5. The van der Waals surface area contributed by atoms with E-state index in [0.29, 0.717) is 12.8 Å². The molecule has 0 aromatic rings. The van der Waals surface area contributed by atoms with E-state index in [2.05, 4.69) is 47.7 Å². The Morgan fingerprint density at radius 2 is 0.931 bits per heavy atom. The second kappa shape index (κ2) is 49.2.